The van der Waals surface area contributed by atoms with Crippen LogP contribution in [0.2, 0.25) is 0 Å². The van der Waals surface area contributed by atoms with Crippen molar-refractivity contribution < 1.29 is 0 Å². The predicted molar refractivity (Wildman–Crippen MR) is 74.1 cm³/mol. The van der Waals surface area contributed by atoms with Gasteiger partial charge in [-0.1, -0.05) is 29.8 Å². The van der Waals surface area contributed by atoms with E-state index in [9.17, 15) is 5.26 Å². The zero-order valence-electron chi connectivity index (χ0n) is 10.3. The SMILES string of the molecule is CC1(C)CCCN(c2ccc(Br)cc2C#N)C1. The van der Waals surface area contributed by atoms with E-state index in [0.29, 0.717) is 5.41 Å². The lowest BCUT2D eigenvalue weighted by Gasteiger charge is -2.39. The first-order valence-electron chi connectivity index (χ1n) is 5.96. The van der Waals surface area contributed by atoms with Crippen LogP contribution in [0.1, 0.15) is 32.3 Å². The minimum absolute atomic E-state index is 0.345. The van der Waals surface area contributed by atoms with E-state index in [4.69, 9.17) is 0 Å². The number of hydrogen-bond donors (Lipinski definition) is 0. The fourth-order valence-corrected chi connectivity index (χ4v) is 2.86. The average Bonchev–Trinajstić information content (AvgIpc) is 2.27. The number of benzene rings is 1. The van der Waals surface area contributed by atoms with Crippen molar-refractivity contribution in [3.63, 3.8) is 0 Å². The molecule has 90 valence electrons. The minimum Gasteiger partial charge on any atom is -0.370 e. The molecule has 0 unspecified atom stereocenters. The van der Waals surface area contributed by atoms with Crippen LogP contribution in [0.5, 0.6) is 0 Å². The van der Waals surface area contributed by atoms with Crippen LogP contribution in [0.25, 0.3) is 0 Å². The Labute approximate surface area is 111 Å². The molecule has 0 aliphatic carbocycles. The van der Waals surface area contributed by atoms with Crippen molar-refractivity contribution in [3.05, 3.63) is 28.2 Å². The van der Waals surface area contributed by atoms with Crippen molar-refractivity contribution in [2.24, 2.45) is 5.41 Å². The molecule has 1 heterocycles. The van der Waals surface area contributed by atoms with Gasteiger partial charge in [-0.05, 0) is 36.5 Å². The highest BCUT2D eigenvalue weighted by Gasteiger charge is 2.27. The Morgan fingerprint density at radius 3 is 2.82 bits per heavy atom. The summed E-state index contributed by atoms with van der Waals surface area (Å²) < 4.78 is 0.967. The molecule has 0 N–H and O–H groups in total. The summed E-state index contributed by atoms with van der Waals surface area (Å²) in [5.74, 6) is 0. The molecule has 1 aromatic rings. The number of rotatable bonds is 1. The monoisotopic (exact) mass is 292 g/mol. The van der Waals surface area contributed by atoms with Crippen LogP contribution >= 0.6 is 15.9 Å². The summed E-state index contributed by atoms with van der Waals surface area (Å²) in [5, 5.41) is 9.21. The molecule has 2 rings (SSSR count). The van der Waals surface area contributed by atoms with Gasteiger partial charge in [-0.3, -0.25) is 0 Å². The van der Waals surface area contributed by atoms with Gasteiger partial charge in [0, 0.05) is 17.6 Å². The molecule has 0 atom stereocenters. The lowest BCUT2D eigenvalue weighted by atomic mass is 9.84. The van der Waals surface area contributed by atoms with Gasteiger partial charge in [0.1, 0.15) is 6.07 Å². The number of hydrogen-bond acceptors (Lipinski definition) is 2. The van der Waals surface area contributed by atoms with Gasteiger partial charge in [-0.2, -0.15) is 5.26 Å². The van der Waals surface area contributed by atoms with E-state index in [2.05, 4.69) is 40.7 Å². The topological polar surface area (TPSA) is 27.0 Å². The second-order valence-electron chi connectivity index (χ2n) is 5.46. The molecule has 3 heteroatoms. The first-order chi connectivity index (χ1) is 8.02. The maximum Gasteiger partial charge on any atom is 0.101 e. The van der Waals surface area contributed by atoms with Gasteiger partial charge in [0.15, 0.2) is 0 Å². The van der Waals surface area contributed by atoms with Crippen molar-refractivity contribution in [2.45, 2.75) is 26.7 Å². The molecule has 1 aliphatic rings. The molecule has 0 amide bonds. The summed E-state index contributed by atoms with van der Waals surface area (Å²) >= 11 is 3.41. The van der Waals surface area contributed by atoms with Crippen LogP contribution in [0.4, 0.5) is 5.69 Å². The van der Waals surface area contributed by atoms with Crippen LogP contribution < -0.4 is 4.90 Å². The molecular weight excluding hydrogens is 276 g/mol. The van der Waals surface area contributed by atoms with Gasteiger partial charge in [-0.25, -0.2) is 0 Å². The van der Waals surface area contributed by atoms with Gasteiger partial charge in [0.25, 0.3) is 0 Å². The third kappa shape index (κ3) is 2.81. The number of anilines is 1. The molecule has 0 aromatic heterocycles. The van der Waals surface area contributed by atoms with Gasteiger partial charge < -0.3 is 4.90 Å². The number of halogens is 1. The number of nitriles is 1. The zero-order valence-corrected chi connectivity index (χ0v) is 11.9. The molecule has 1 aliphatic heterocycles. The Balaban J connectivity index is 2.31. The Morgan fingerprint density at radius 2 is 2.18 bits per heavy atom. The third-order valence-corrected chi connectivity index (χ3v) is 3.81. The van der Waals surface area contributed by atoms with E-state index < -0.39 is 0 Å². The van der Waals surface area contributed by atoms with Crippen molar-refractivity contribution in [1.29, 1.82) is 5.26 Å². The fraction of sp³-hybridized carbons (Fsp3) is 0.500. The van der Waals surface area contributed by atoms with E-state index in [1.807, 2.05) is 18.2 Å². The molecule has 0 spiro atoms. The highest BCUT2D eigenvalue weighted by Crippen LogP contribution is 2.33. The highest BCUT2D eigenvalue weighted by atomic mass is 79.9. The first kappa shape index (κ1) is 12.4. The summed E-state index contributed by atoms with van der Waals surface area (Å²) in [7, 11) is 0. The first-order valence-corrected chi connectivity index (χ1v) is 6.76. The smallest absolute Gasteiger partial charge is 0.101 e. The molecule has 1 aromatic carbocycles. The normalized spacial score (nSPS) is 18.8. The van der Waals surface area contributed by atoms with E-state index in [1.54, 1.807) is 0 Å². The van der Waals surface area contributed by atoms with Crippen molar-refractivity contribution >= 4 is 21.6 Å². The predicted octanol–water partition coefficient (Wildman–Crippen LogP) is 3.95. The largest absolute Gasteiger partial charge is 0.370 e. The Hall–Kier alpha value is -1.01. The maximum absolute atomic E-state index is 9.21. The summed E-state index contributed by atoms with van der Waals surface area (Å²) in [6, 6.07) is 8.25. The van der Waals surface area contributed by atoms with Crippen LogP contribution in [-0.4, -0.2) is 13.1 Å². The van der Waals surface area contributed by atoms with E-state index in [-0.39, 0.29) is 0 Å². The van der Waals surface area contributed by atoms with Crippen LogP contribution in [-0.2, 0) is 0 Å². The fourth-order valence-electron chi connectivity index (χ4n) is 2.50. The third-order valence-electron chi connectivity index (χ3n) is 3.32. The Morgan fingerprint density at radius 1 is 1.41 bits per heavy atom. The van der Waals surface area contributed by atoms with Crippen LogP contribution in [0.3, 0.4) is 0 Å². The summed E-state index contributed by atoms with van der Waals surface area (Å²) in [6.07, 6.45) is 2.47. The molecule has 1 fully saturated rings. The highest BCUT2D eigenvalue weighted by molar-refractivity contribution is 9.10. The van der Waals surface area contributed by atoms with Crippen molar-refractivity contribution in [3.8, 4) is 6.07 Å². The molecule has 0 radical (unpaired) electrons. The molecule has 17 heavy (non-hydrogen) atoms. The zero-order chi connectivity index (χ0) is 12.5. The van der Waals surface area contributed by atoms with E-state index in [0.717, 1.165) is 28.8 Å². The van der Waals surface area contributed by atoms with Gasteiger partial charge in [0.2, 0.25) is 0 Å². The van der Waals surface area contributed by atoms with Gasteiger partial charge in [0.05, 0.1) is 11.3 Å². The molecule has 0 bridgehead atoms. The molecule has 1 saturated heterocycles. The Kier molecular flexibility index (Phi) is 3.44. The molecule has 0 saturated carbocycles. The van der Waals surface area contributed by atoms with Crippen molar-refractivity contribution in [1.82, 2.24) is 0 Å². The van der Waals surface area contributed by atoms with Gasteiger partial charge in [-0.15, -0.1) is 0 Å². The molecular formula is C14H17BrN2. The second kappa shape index (κ2) is 4.70. The average molecular weight is 293 g/mol. The molecule has 2 nitrogen and oxygen atoms in total. The Bertz CT molecular complexity index is 460. The summed E-state index contributed by atoms with van der Waals surface area (Å²) in [5.41, 5.74) is 2.18. The number of piperidine rings is 1. The van der Waals surface area contributed by atoms with Crippen molar-refractivity contribution in [2.75, 3.05) is 18.0 Å². The van der Waals surface area contributed by atoms with Crippen LogP contribution in [0, 0.1) is 16.7 Å². The standard InChI is InChI=1S/C14H17BrN2/c1-14(2)6-3-7-17(10-14)13-5-4-12(15)8-11(13)9-16/h4-5,8H,3,6-7,10H2,1-2H3. The lowest BCUT2D eigenvalue weighted by molar-refractivity contribution is 0.293. The van der Waals surface area contributed by atoms with E-state index in [1.165, 1.54) is 12.8 Å². The minimum atomic E-state index is 0.345. The quantitative estimate of drug-likeness (QED) is 0.784. The summed E-state index contributed by atoms with van der Waals surface area (Å²) in [6.45, 7) is 6.68. The van der Waals surface area contributed by atoms with Gasteiger partial charge >= 0.3 is 0 Å². The maximum atomic E-state index is 9.21. The number of nitrogens with zero attached hydrogens (tertiary/aromatic N) is 2. The second-order valence-corrected chi connectivity index (χ2v) is 6.38. The lowest BCUT2D eigenvalue weighted by Crippen LogP contribution is -2.40. The summed E-state index contributed by atoms with van der Waals surface area (Å²) in [4.78, 5) is 2.34. The van der Waals surface area contributed by atoms with E-state index >= 15 is 0 Å². The van der Waals surface area contributed by atoms with Crippen LogP contribution in [0.15, 0.2) is 22.7 Å².